The van der Waals surface area contributed by atoms with Crippen LogP contribution in [0.15, 0.2) is 48.5 Å². The van der Waals surface area contributed by atoms with Gasteiger partial charge in [0.1, 0.15) is 12.3 Å². The number of amides is 2. The van der Waals surface area contributed by atoms with Gasteiger partial charge in [-0.15, -0.1) is 0 Å². The summed E-state index contributed by atoms with van der Waals surface area (Å²) < 4.78 is 5.59. The molecule has 6 heteroatoms. The number of ketones is 1. The number of Topliss-reactive ketones (excluding diaryl/α,β-unsaturated/α-hetero) is 1. The van der Waals surface area contributed by atoms with E-state index in [4.69, 9.17) is 4.74 Å². The highest BCUT2D eigenvalue weighted by Crippen LogP contribution is 2.21. The molecular formula is C21H24N2O4. The largest absolute Gasteiger partial charge is 0.491 e. The number of hydrogen-bond donors (Lipinski definition) is 1. The summed E-state index contributed by atoms with van der Waals surface area (Å²) >= 11 is 0. The van der Waals surface area contributed by atoms with Gasteiger partial charge in [0, 0.05) is 23.9 Å². The van der Waals surface area contributed by atoms with Gasteiger partial charge in [0.2, 0.25) is 11.8 Å². The van der Waals surface area contributed by atoms with Crippen LogP contribution in [0.3, 0.4) is 0 Å². The molecule has 1 N–H and O–H groups in total. The molecule has 2 amide bonds. The summed E-state index contributed by atoms with van der Waals surface area (Å²) in [6.45, 7) is 6.64. The zero-order chi connectivity index (χ0) is 20.0. The van der Waals surface area contributed by atoms with Gasteiger partial charge in [-0.2, -0.15) is 0 Å². The number of carbonyl (C=O) groups is 3. The molecule has 0 saturated heterocycles. The van der Waals surface area contributed by atoms with Crippen molar-refractivity contribution in [3.63, 3.8) is 0 Å². The van der Waals surface area contributed by atoms with E-state index in [1.807, 2.05) is 13.8 Å². The SMILES string of the molecule is CC(=O)c1ccc(NC(=O)CN(C(C)=O)c2ccc(OC(C)C)cc2)cc1. The Labute approximate surface area is 159 Å². The summed E-state index contributed by atoms with van der Waals surface area (Å²) in [5, 5.41) is 2.73. The van der Waals surface area contributed by atoms with Gasteiger partial charge in [-0.05, 0) is 69.3 Å². The second-order valence-electron chi connectivity index (χ2n) is 6.45. The Morgan fingerprint density at radius 3 is 2.04 bits per heavy atom. The zero-order valence-corrected chi connectivity index (χ0v) is 16.0. The molecule has 0 aliphatic heterocycles. The minimum Gasteiger partial charge on any atom is -0.491 e. The highest BCUT2D eigenvalue weighted by atomic mass is 16.5. The van der Waals surface area contributed by atoms with Crippen LogP contribution in [0.5, 0.6) is 5.75 Å². The third-order valence-electron chi connectivity index (χ3n) is 3.78. The maximum Gasteiger partial charge on any atom is 0.244 e. The fourth-order valence-electron chi connectivity index (χ4n) is 2.49. The molecule has 2 rings (SSSR count). The summed E-state index contributed by atoms with van der Waals surface area (Å²) in [5.74, 6) is 0.0886. The molecule has 2 aromatic carbocycles. The highest BCUT2D eigenvalue weighted by molar-refractivity contribution is 6.02. The molecule has 6 nitrogen and oxygen atoms in total. The molecular weight excluding hydrogens is 344 g/mol. The first-order chi connectivity index (χ1) is 12.8. The van der Waals surface area contributed by atoms with E-state index in [9.17, 15) is 14.4 Å². The smallest absolute Gasteiger partial charge is 0.244 e. The monoisotopic (exact) mass is 368 g/mol. The molecule has 0 atom stereocenters. The van der Waals surface area contributed by atoms with Crippen molar-refractivity contribution in [3.05, 3.63) is 54.1 Å². The van der Waals surface area contributed by atoms with E-state index >= 15 is 0 Å². The molecule has 0 saturated carbocycles. The van der Waals surface area contributed by atoms with Crippen molar-refractivity contribution >= 4 is 29.0 Å². The Kier molecular flexibility index (Phi) is 6.71. The van der Waals surface area contributed by atoms with Crippen LogP contribution in [0.2, 0.25) is 0 Å². The Balaban J connectivity index is 2.05. The van der Waals surface area contributed by atoms with E-state index in [1.165, 1.54) is 18.7 Å². The van der Waals surface area contributed by atoms with E-state index in [0.29, 0.717) is 22.7 Å². The second kappa shape index (κ2) is 8.98. The number of carbonyl (C=O) groups excluding carboxylic acids is 3. The zero-order valence-electron chi connectivity index (χ0n) is 16.0. The quantitative estimate of drug-likeness (QED) is 0.757. The van der Waals surface area contributed by atoms with Crippen molar-refractivity contribution in [1.82, 2.24) is 0 Å². The third-order valence-corrected chi connectivity index (χ3v) is 3.78. The fraction of sp³-hybridized carbons (Fsp3) is 0.286. The second-order valence-corrected chi connectivity index (χ2v) is 6.45. The molecule has 0 fully saturated rings. The van der Waals surface area contributed by atoms with Crippen molar-refractivity contribution in [2.24, 2.45) is 0 Å². The van der Waals surface area contributed by atoms with Crippen LogP contribution in [0.1, 0.15) is 38.1 Å². The molecule has 0 unspecified atom stereocenters. The van der Waals surface area contributed by atoms with E-state index in [0.717, 1.165) is 0 Å². The maximum atomic E-state index is 12.3. The molecule has 0 aliphatic rings. The number of anilines is 2. The minimum atomic E-state index is -0.330. The first kappa shape index (κ1) is 20.2. The van der Waals surface area contributed by atoms with E-state index in [2.05, 4.69) is 5.32 Å². The standard InChI is InChI=1S/C21H24N2O4/c1-14(2)27-20-11-9-19(10-12-20)23(16(4)25)13-21(26)22-18-7-5-17(6-8-18)15(3)24/h5-12,14H,13H2,1-4H3,(H,22,26). The first-order valence-electron chi connectivity index (χ1n) is 8.72. The van der Waals surface area contributed by atoms with Crippen LogP contribution < -0.4 is 15.0 Å². The summed E-state index contributed by atoms with van der Waals surface area (Å²) in [6.07, 6.45) is 0.0555. The Bertz CT molecular complexity index is 811. The van der Waals surface area contributed by atoms with Crippen LogP contribution in [-0.2, 0) is 9.59 Å². The van der Waals surface area contributed by atoms with E-state index in [1.54, 1.807) is 48.5 Å². The number of ether oxygens (including phenoxy) is 1. The maximum absolute atomic E-state index is 12.3. The fourth-order valence-corrected chi connectivity index (χ4v) is 2.49. The molecule has 0 aromatic heterocycles. The predicted octanol–water partition coefficient (Wildman–Crippen LogP) is 3.67. The summed E-state index contributed by atoms with van der Waals surface area (Å²) in [7, 11) is 0. The lowest BCUT2D eigenvalue weighted by Gasteiger charge is -2.21. The summed E-state index contributed by atoms with van der Waals surface area (Å²) in [4.78, 5) is 37.0. The van der Waals surface area contributed by atoms with Gasteiger partial charge in [-0.1, -0.05) is 0 Å². The Morgan fingerprint density at radius 2 is 1.56 bits per heavy atom. The van der Waals surface area contributed by atoms with Crippen LogP contribution in [0.25, 0.3) is 0 Å². The number of nitrogens with zero attached hydrogens (tertiary/aromatic N) is 1. The third kappa shape index (κ3) is 5.95. The van der Waals surface area contributed by atoms with Crippen LogP contribution in [0, 0.1) is 0 Å². The van der Waals surface area contributed by atoms with Crippen molar-refractivity contribution < 1.29 is 19.1 Å². The molecule has 27 heavy (non-hydrogen) atoms. The average molecular weight is 368 g/mol. The van der Waals surface area contributed by atoms with Gasteiger partial charge in [0.05, 0.1) is 6.10 Å². The number of nitrogens with one attached hydrogen (secondary N) is 1. The van der Waals surface area contributed by atoms with Crippen molar-refractivity contribution in [3.8, 4) is 5.75 Å². The van der Waals surface area contributed by atoms with Gasteiger partial charge in [-0.3, -0.25) is 14.4 Å². The van der Waals surface area contributed by atoms with Gasteiger partial charge in [0.25, 0.3) is 0 Å². The normalized spacial score (nSPS) is 10.4. The highest BCUT2D eigenvalue weighted by Gasteiger charge is 2.16. The molecule has 0 heterocycles. The van der Waals surface area contributed by atoms with Crippen LogP contribution in [-0.4, -0.2) is 30.2 Å². The Hall–Kier alpha value is -3.15. The lowest BCUT2D eigenvalue weighted by molar-refractivity contribution is -0.120. The number of benzene rings is 2. The molecule has 0 bridgehead atoms. The lowest BCUT2D eigenvalue weighted by atomic mass is 10.1. The van der Waals surface area contributed by atoms with Gasteiger partial charge in [-0.25, -0.2) is 0 Å². The van der Waals surface area contributed by atoms with Gasteiger partial charge < -0.3 is 15.0 Å². The van der Waals surface area contributed by atoms with E-state index < -0.39 is 0 Å². The molecule has 2 aromatic rings. The minimum absolute atomic E-state index is 0.0412. The number of rotatable bonds is 7. The van der Waals surface area contributed by atoms with Crippen molar-refractivity contribution in [1.29, 1.82) is 0 Å². The van der Waals surface area contributed by atoms with Gasteiger partial charge in [0.15, 0.2) is 5.78 Å². The van der Waals surface area contributed by atoms with Gasteiger partial charge >= 0.3 is 0 Å². The predicted molar refractivity (Wildman–Crippen MR) is 105 cm³/mol. The topological polar surface area (TPSA) is 75.7 Å². The molecule has 0 spiro atoms. The van der Waals surface area contributed by atoms with Crippen LogP contribution >= 0.6 is 0 Å². The lowest BCUT2D eigenvalue weighted by Crippen LogP contribution is -2.36. The molecule has 0 aliphatic carbocycles. The van der Waals surface area contributed by atoms with Crippen molar-refractivity contribution in [2.45, 2.75) is 33.8 Å². The van der Waals surface area contributed by atoms with E-state index in [-0.39, 0.29) is 30.2 Å². The summed E-state index contributed by atoms with van der Waals surface area (Å²) in [6, 6.07) is 13.6. The molecule has 0 radical (unpaired) electrons. The summed E-state index contributed by atoms with van der Waals surface area (Å²) in [5.41, 5.74) is 1.75. The number of hydrogen-bond acceptors (Lipinski definition) is 4. The van der Waals surface area contributed by atoms with Crippen molar-refractivity contribution in [2.75, 3.05) is 16.8 Å². The Morgan fingerprint density at radius 1 is 0.963 bits per heavy atom. The molecule has 142 valence electrons. The van der Waals surface area contributed by atoms with Crippen LogP contribution in [0.4, 0.5) is 11.4 Å². The first-order valence-corrected chi connectivity index (χ1v) is 8.72. The average Bonchev–Trinajstić information content (AvgIpc) is 2.60.